The topological polar surface area (TPSA) is 34.1 Å². The first-order valence-electron chi connectivity index (χ1n) is 5.18. The lowest BCUT2D eigenvalue weighted by Gasteiger charge is -2.02. The summed E-state index contributed by atoms with van der Waals surface area (Å²) in [6.45, 7) is 0. The minimum Gasteiger partial charge on any atom is -0.285 e. The molecular weight excluding hydrogens is 238 g/mol. The van der Waals surface area contributed by atoms with Gasteiger partial charge in [0, 0.05) is 11.6 Å². The number of hydrogen-bond acceptors (Lipinski definition) is 2. The van der Waals surface area contributed by atoms with Gasteiger partial charge in [0.25, 0.3) is 0 Å². The van der Waals surface area contributed by atoms with E-state index in [9.17, 15) is 18.4 Å². The summed E-state index contributed by atoms with van der Waals surface area (Å²) in [5.41, 5.74) is -0.253. The fraction of sp³-hybridized carbons (Fsp3) is 0. The summed E-state index contributed by atoms with van der Waals surface area (Å²) in [5.74, 6) is -3.64. The van der Waals surface area contributed by atoms with Gasteiger partial charge in [0.1, 0.15) is 11.6 Å². The molecule has 0 saturated heterocycles. The number of rotatable bonds is 3. The molecule has 90 valence electrons. The lowest BCUT2D eigenvalue weighted by atomic mass is 10.0. The molecule has 2 rings (SSSR count). The first-order valence-corrected chi connectivity index (χ1v) is 5.18. The van der Waals surface area contributed by atoms with E-state index in [2.05, 4.69) is 0 Å². The molecule has 0 fully saturated rings. The van der Waals surface area contributed by atoms with Crippen molar-refractivity contribution in [1.29, 1.82) is 0 Å². The van der Waals surface area contributed by atoms with Gasteiger partial charge in [-0.3, -0.25) is 9.59 Å². The van der Waals surface area contributed by atoms with E-state index in [0.29, 0.717) is 6.07 Å². The maximum absolute atomic E-state index is 13.4. The highest BCUT2D eigenvalue weighted by Gasteiger charge is 2.21. The molecule has 0 aliphatic heterocycles. The number of carbonyl (C=O) groups excluding carboxylic acids is 2. The maximum atomic E-state index is 13.4. The van der Waals surface area contributed by atoms with Crippen molar-refractivity contribution in [2.75, 3.05) is 0 Å². The molecule has 0 aliphatic rings. The van der Waals surface area contributed by atoms with Crippen LogP contribution in [0.25, 0.3) is 0 Å². The number of benzene rings is 2. The molecule has 0 aliphatic carbocycles. The molecule has 0 amide bonds. The van der Waals surface area contributed by atoms with Crippen molar-refractivity contribution in [2.24, 2.45) is 0 Å². The van der Waals surface area contributed by atoms with Crippen molar-refractivity contribution < 1.29 is 18.4 Å². The van der Waals surface area contributed by atoms with Crippen molar-refractivity contribution in [3.05, 3.63) is 71.3 Å². The maximum Gasteiger partial charge on any atom is 0.236 e. The molecule has 0 bridgehead atoms. The second-order valence-corrected chi connectivity index (χ2v) is 3.65. The largest absolute Gasteiger partial charge is 0.285 e. The van der Waals surface area contributed by atoms with E-state index < -0.39 is 28.8 Å². The molecule has 0 radical (unpaired) electrons. The number of halogens is 2. The van der Waals surface area contributed by atoms with Gasteiger partial charge < -0.3 is 0 Å². The highest BCUT2D eigenvalue weighted by atomic mass is 19.1. The van der Waals surface area contributed by atoms with Crippen LogP contribution in [0.3, 0.4) is 0 Å². The van der Waals surface area contributed by atoms with Gasteiger partial charge in [0.2, 0.25) is 11.6 Å². The second-order valence-electron chi connectivity index (χ2n) is 3.65. The van der Waals surface area contributed by atoms with Crippen LogP contribution in [0, 0.1) is 11.6 Å². The summed E-state index contributed by atoms with van der Waals surface area (Å²) in [6, 6.07) is 10.3. The third kappa shape index (κ3) is 2.32. The summed E-state index contributed by atoms with van der Waals surface area (Å²) in [5, 5.41) is 0. The van der Waals surface area contributed by atoms with Gasteiger partial charge in [-0.2, -0.15) is 0 Å². The van der Waals surface area contributed by atoms with Gasteiger partial charge in [0.15, 0.2) is 0 Å². The van der Waals surface area contributed by atoms with Crippen molar-refractivity contribution in [2.45, 2.75) is 0 Å². The Balaban J connectivity index is 2.35. The fourth-order valence-electron chi connectivity index (χ4n) is 1.52. The molecule has 2 aromatic rings. The van der Waals surface area contributed by atoms with Crippen LogP contribution in [0.1, 0.15) is 20.7 Å². The van der Waals surface area contributed by atoms with Gasteiger partial charge in [-0.25, -0.2) is 8.78 Å². The molecular formula is C14H8F2O2. The third-order valence-electron chi connectivity index (χ3n) is 2.42. The van der Waals surface area contributed by atoms with E-state index in [1.54, 1.807) is 18.2 Å². The molecule has 18 heavy (non-hydrogen) atoms. The van der Waals surface area contributed by atoms with Crippen molar-refractivity contribution in [3.63, 3.8) is 0 Å². The summed E-state index contributed by atoms with van der Waals surface area (Å²) in [7, 11) is 0. The Morgan fingerprint density at radius 1 is 0.833 bits per heavy atom. The van der Waals surface area contributed by atoms with Crippen LogP contribution in [0.15, 0.2) is 48.5 Å². The highest BCUT2D eigenvalue weighted by Crippen LogP contribution is 2.13. The van der Waals surface area contributed by atoms with E-state index in [0.717, 1.165) is 12.1 Å². The SMILES string of the molecule is O=C(C(=O)c1ccc(F)cc1F)c1ccccc1. The van der Waals surface area contributed by atoms with Crippen LogP contribution in [0.5, 0.6) is 0 Å². The van der Waals surface area contributed by atoms with Crippen molar-refractivity contribution >= 4 is 11.6 Å². The fourth-order valence-corrected chi connectivity index (χ4v) is 1.52. The normalized spacial score (nSPS) is 10.1. The first kappa shape index (κ1) is 12.1. The molecule has 0 saturated carbocycles. The van der Waals surface area contributed by atoms with Crippen LogP contribution in [0.2, 0.25) is 0 Å². The van der Waals surface area contributed by atoms with Crippen LogP contribution in [0.4, 0.5) is 8.78 Å². The molecule has 0 atom stereocenters. The van der Waals surface area contributed by atoms with E-state index in [1.165, 1.54) is 12.1 Å². The second kappa shape index (κ2) is 4.87. The number of Topliss-reactive ketones (excluding diaryl/α,β-unsaturated/α-hetero) is 2. The number of ketones is 2. The van der Waals surface area contributed by atoms with Gasteiger partial charge in [-0.1, -0.05) is 30.3 Å². The van der Waals surface area contributed by atoms with Crippen LogP contribution in [-0.4, -0.2) is 11.6 Å². The average Bonchev–Trinajstić information content (AvgIpc) is 2.38. The first-order chi connectivity index (χ1) is 8.59. The molecule has 2 aromatic carbocycles. The third-order valence-corrected chi connectivity index (χ3v) is 2.42. The lowest BCUT2D eigenvalue weighted by molar-refractivity contribution is 0.0814. The van der Waals surface area contributed by atoms with Crippen molar-refractivity contribution in [1.82, 2.24) is 0 Å². The van der Waals surface area contributed by atoms with Crippen LogP contribution < -0.4 is 0 Å². The zero-order valence-electron chi connectivity index (χ0n) is 9.19. The van der Waals surface area contributed by atoms with E-state index in [4.69, 9.17) is 0 Å². The Labute approximate surface area is 102 Å². The average molecular weight is 246 g/mol. The summed E-state index contributed by atoms with van der Waals surface area (Å²) in [6.07, 6.45) is 0. The summed E-state index contributed by atoms with van der Waals surface area (Å²) >= 11 is 0. The van der Waals surface area contributed by atoms with Gasteiger partial charge in [-0.05, 0) is 12.1 Å². The molecule has 0 spiro atoms. The molecule has 0 unspecified atom stereocenters. The van der Waals surface area contributed by atoms with Gasteiger partial charge in [0.05, 0.1) is 5.56 Å². The molecule has 0 aromatic heterocycles. The van der Waals surface area contributed by atoms with E-state index in [1.807, 2.05) is 0 Å². The molecule has 2 nitrogen and oxygen atoms in total. The Hall–Kier alpha value is -2.36. The summed E-state index contributed by atoms with van der Waals surface area (Å²) in [4.78, 5) is 23.5. The van der Waals surface area contributed by atoms with Gasteiger partial charge in [-0.15, -0.1) is 0 Å². The van der Waals surface area contributed by atoms with Crippen molar-refractivity contribution in [3.8, 4) is 0 Å². The Bertz CT molecular complexity index is 606. The minimum absolute atomic E-state index is 0.172. The number of carbonyl (C=O) groups is 2. The molecule has 4 heteroatoms. The van der Waals surface area contributed by atoms with E-state index >= 15 is 0 Å². The molecule has 0 heterocycles. The standard InChI is InChI=1S/C14H8F2O2/c15-10-6-7-11(12(16)8-10)14(18)13(17)9-4-2-1-3-5-9/h1-8H. The minimum atomic E-state index is -1.04. The quantitative estimate of drug-likeness (QED) is 0.616. The smallest absolute Gasteiger partial charge is 0.236 e. The number of hydrogen-bond donors (Lipinski definition) is 0. The van der Waals surface area contributed by atoms with Gasteiger partial charge >= 0.3 is 0 Å². The Morgan fingerprint density at radius 3 is 2.11 bits per heavy atom. The predicted molar refractivity (Wildman–Crippen MR) is 61.5 cm³/mol. The summed E-state index contributed by atoms with van der Waals surface area (Å²) < 4.78 is 26.1. The Kier molecular flexibility index (Phi) is 3.28. The van der Waals surface area contributed by atoms with E-state index in [-0.39, 0.29) is 5.56 Å². The lowest BCUT2D eigenvalue weighted by Crippen LogP contribution is -2.16. The predicted octanol–water partition coefficient (Wildman–Crippen LogP) is 3.03. The van der Waals surface area contributed by atoms with Crippen LogP contribution >= 0.6 is 0 Å². The zero-order valence-corrected chi connectivity index (χ0v) is 9.19. The Morgan fingerprint density at radius 2 is 1.50 bits per heavy atom. The van der Waals surface area contributed by atoms with Crippen LogP contribution in [-0.2, 0) is 0 Å². The monoisotopic (exact) mass is 246 g/mol. The zero-order chi connectivity index (χ0) is 13.1. The molecule has 0 N–H and O–H groups in total. The highest BCUT2D eigenvalue weighted by molar-refractivity contribution is 6.49.